The van der Waals surface area contributed by atoms with Crippen LogP contribution in [-0.2, 0) is 0 Å². The molecule has 2 aromatic rings. The van der Waals surface area contributed by atoms with E-state index in [0.29, 0.717) is 16.0 Å². The molecule has 20 heavy (non-hydrogen) atoms. The lowest BCUT2D eigenvalue weighted by Crippen LogP contribution is -2.19. The zero-order valence-corrected chi connectivity index (χ0v) is 12.6. The van der Waals surface area contributed by atoms with E-state index in [1.54, 1.807) is 19.1 Å². The summed E-state index contributed by atoms with van der Waals surface area (Å²) in [7, 11) is 0. The molecule has 108 valence electrons. The molecule has 0 bridgehead atoms. The van der Waals surface area contributed by atoms with Gasteiger partial charge in [0.25, 0.3) is 5.22 Å². The van der Waals surface area contributed by atoms with Crippen LogP contribution in [0.25, 0.3) is 0 Å². The number of rotatable bonds is 6. The lowest BCUT2D eigenvalue weighted by Gasteiger charge is -2.14. The van der Waals surface area contributed by atoms with E-state index >= 15 is 0 Å². The van der Waals surface area contributed by atoms with Gasteiger partial charge < -0.3 is 9.73 Å². The SMILES string of the molecule is CCCNC(C)c1ccc(Sc2nnc(C)o2)c(F)c1. The minimum atomic E-state index is -0.270. The Hall–Kier alpha value is -1.40. The minimum absolute atomic E-state index is 0.133. The van der Waals surface area contributed by atoms with Gasteiger partial charge in [0.2, 0.25) is 5.89 Å². The van der Waals surface area contributed by atoms with Gasteiger partial charge >= 0.3 is 0 Å². The Bertz CT molecular complexity index is 573. The van der Waals surface area contributed by atoms with Gasteiger partial charge in [-0.25, -0.2) is 4.39 Å². The van der Waals surface area contributed by atoms with Crippen LogP contribution in [0.3, 0.4) is 0 Å². The van der Waals surface area contributed by atoms with E-state index in [1.165, 1.54) is 0 Å². The largest absolute Gasteiger partial charge is 0.416 e. The van der Waals surface area contributed by atoms with Crippen LogP contribution in [0.5, 0.6) is 0 Å². The van der Waals surface area contributed by atoms with Crippen LogP contribution in [0.2, 0.25) is 0 Å². The predicted molar refractivity (Wildman–Crippen MR) is 76.3 cm³/mol. The summed E-state index contributed by atoms with van der Waals surface area (Å²) in [5.41, 5.74) is 0.932. The third-order valence-electron chi connectivity index (χ3n) is 2.86. The van der Waals surface area contributed by atoms with Crippen LogP contribution in [0, 0.1) is 12.7 Å². The molecule has 6 heteroatoms. The number of hydrogen-bond donors (Lipinski definition) is 1. The third-order valence-corrected chi connectivity index (χ3v) is 3.75. The second kappa shape index (κ2) is 6.85. The molecule has 1 aromatic heterocycles. The molecule has 0 amide bonds. The first kappa shape index (κ1) is 15.0. The molecular weight excluding hydrogens is 277 g/mol. The summed E-state index contributed by atoms with van der Waals surface area (Å²) in [6.45, 7) is 6.75. The Balaban J connectivity index is 2.09. The molecule has 1 aromatic carbocycles. The molecule has 0 radical (unpaired) electrons. The molecule has 1 heterocycles. The summed E-state index contributed by atoms with van der Waals surface area (Å²) < 4.78 is 19.3. The van der Waals surface area contributed by atoms with Crippen molar-refractivity contribution in [3.63, 3.8) is 0 Å². The highest BCUT2D eigenvalue weighted by atomic mass is 32.2. The maximum absolute atomic E-state index is 14.1. The van der Waals surface area contributed by atoms with E-state index in [2.05, 4.69) is 22.4 Å². The van der Waals surface area contributed by atoms with Crippen molar-refractivity contribution in [1.82, 2.24) is 15.5 Å². The molecule has 2 rings (SSSR count). The summed E-state index contributed by atoms with van der Waals surface area (Å²) in [5, 5.41) is 11.3. The lowest BCUT2D eigenvalue weighted by molar-refractivity contribution is 0.429. The highest BCUT2D eigenvalue weighted by molar-refractivity contribution is 7.99. The van der Waals surface area contributed by atoms with Crippen LogP contribution in [0.1, 0.15) is 37.8 Å². The van der Waals surface area contributed by atoms with Gasteiger partial charge in [0.1, 0.15) is 5.82 Å². The quantitative estimate of drug-likeness (QED) is 0.880. The minimum Gasteiger partial charge on any atom is -0.416 e. The van der Waals surface area contributed by atoms with Gasteiger partial charge in [-0.2, -0.15) is 0 Å². The molecule has 0 spiro atoms. The fourth-order valence-corrected chi connectivity index (χ4v) is 2.49. The summed E-state index contributed by atoms with van der Waals surface area (Å²) >= 11 is 1.14. The number of halogens is 1. The Kier molecular flexibility index (Phi) is 5.14. The molecule has 0 fully saturated rings. The van der Waals surface area contributed by atoms with E-state index in [4.69, 9.17) is 4.42 Å². The average molecular weight is 295 g/mol. The number of benzene rings is 1. The lowest BCUT2D eigenvalue weighted by atomic mass is 10.1. The predicted octanol–water partition coefficient (Wildman–Crippen LogP) is 3.73. The maximum atomic E-state index is 14.1. The smallest absolute Gasteiger partial charge is 0.281 e. The van der Waals surface area contributed by atoms with E-state index in [-0.39, 0.29) is 11.9 Å². The van der Waals surface area contributed by atoms with Gasteiger partial charge in [0, 0.05) is 13.0 Å². The number of aryl methyl sites for hydroxylation is 1. The van der Waals surface area contributed by atoms with Gasteiger partial charge in [0.05, 0.1) is 4.90 Å². The third kappa shape index (κ3) is 3.80. The molecule has 4 nitrogen and oxygen atoms in total. The standard InChI is InChI=1S/C14H18FN3OS/c1-4-7-16-9(2)11-5-6-13(12(15)8-11)20-14-18-17-10(3)19-14/h5-6,8-9,16H,4,7H2,1-3H3. The molecule has 0 saturated carbocycles. The Morgan fingerprint density at radius 2 is 2.20 bits per heavy atom. The molecule has 1 atom stereocenters. The zero-order chi connectivity index (χ0) is 14.5. The van der Waals surface area contributed by atoms with Crippen LogP contribution in [-0.4, -0.2) is 16.7 Å². The first-order chi connectivity index (χ1) is 9.60. The van der Waals surface area contributed by atoms with Crippen LogP contribution in [0.4, 0.5) is 4.39 Å². The summed E-state index contributed by atoms with van der Waals surface area (Å²) in [5.74, 6) is 0.204. The molecule has 0 saturated heterocycles. The summed E-state index contributed by atoms with van der Waals surface area (Å²) in [4.78, 5) is 0.486. The number of nitrogens with one attached hydrogen (secondary N) is 1. The zero-order valence-electron chi connectivity index (χ0n) is 11.8. The second-order valence-electron chi connectivity index (χ2n) is 4.55. The number of aromatic nitrogens is 2. The van der Waals surface area contributed by atoms with Crippen LogP contribution < -0.4 is 5.32 Å². The topological polar surface area (TPSA) is 51.0 Å². The number of hydrogen-bond acceptors (Lipinski definition) is 5. The fraction of sp³-hybridized carbons (Fsp3) is 0.429. The Morgan fingerprint density at radius 1 is 1.40 bits per heavy atom. The second-order valence-corrected chi connectivity index (χ2v) is 5.55. The summed E-state index contributed by atoms with van der Waals surface area (Å²) in [6, 6.07) is 5.36. The van der Waals surface area contributed by atoms with Gasteiger partial charge in [-0.3, -0.25) is 0 Å². The van der Waals surface area contributed by atoms with Crippen molar-refractivity contribution in [1.29, 1.82) is 0 Å². The number of nitrogens with zero attached hydrogens (tertiary/aromatic N) is 2. The van der Waals surface area contributed by atoms with Crippen LogP contribution >= 0.6 is 11.8 Å². The average Bonchev–Trinajstić information content (AvgIpc) is 2.83. The van der Waals surface area contributed by atoms with Crippen molar-refractivity contribution < 1.29 is 8.81 Å². The van der Waals surface area contributed by atoms with E-state index in [1.807, 2.05) is 13.0 Å². The molecule has 1 unspecified atom stereocenters. The molecule has 1 N–H and O–H groups in total. The maximum Gasteiger partial charge on any atom is 0.281 e. The molecule has 0 aliphatic carbocycles. The Morgan fingerprint density at radius 3 is 2.80 bits per heavy atom. The normalized spacial score (nSPS) is 12.6. The van der Waals surface area contributed by atoms with Crippen molar-refractivity contribution in [2.75, 3.05) is 6.54 Å². The van der Waals surface area contributed by atoms with E-state index in [9.17, 15) is 4.39 Å². The van der Waals surface area contributed by atoms with Crippen molar-refractivity contribution in [2.24, 2.45) is 0 Å². The van der Waals surface area contributed by atoms with Gasteiger partial charge in [0.15, 0.2) is 0 Å². The first-order valence-electron chi connectivity index (χ1n) is 6.61. The van der Waals surface area contributed by atoms with E-state index < -0.39 is 0 Å². The van der Waals surface area contributed by atoms with Gasteiger partial charge in [-0.15, -0.1) is 10.2 Å². The van der Waals surface area contributed by atoms with E-state index in [0.717, 1.165) is 30.3 Å². The highest BCUT2D eigenvalue weighted by Gasteiger charge is 2.12. The highest BCUT2D eigenvalue weighted by Crippen LogP contribution is 2.30. The Labute approximate surface area is 122 Å². The fourth-order valence-electron chi connectivity index (χ4n) is 1.76. The molecule has 0 aliphatic rings. The van der Waals surface area contributed by atoms with Crippen molar-refractivity contribution in [2.45, 2.75) is 43.4 Å². The monoisotopic (exact) mass is 295 g/mol. The first-order valence-corrected chi connectivity index (χ1v) is 7.42. The van der Waals surface area contributed by atoms with Crippen molar-refractivity contribution >= 4 is 11.8 Å². The summed E-state index contributed by atoms with van der Waals surface area (Å²) in [6.07, 6.45) is 1.05. The molecule has 0 aliphatic heterocycles. The van der Waals surface area contributed by atoms with Crippen molar-refractivity contribution in [3.8, 4) is 0 Å². The van der Waals surface area contributed by atoms with Crippen molar-refractivity contribution in [3.05, 3.63) is 35.5 Å². The van der Waals surface area contributed by atoms with Gasteiger partial charge in [-0.1, -0.05) is 13.0 Å². The van der Waals surface area contributed by atoms with Crippen LogP contribution in [0.15, 0.2) is 32.7 Å². The molecular formula is C14H18FN3OS. The van der Waals surface area contributed by atoms with Gasteiger partial charge in [-0.05, 0) is 49.3 Å².